The van der Waals surface area contributed by atoms with Gasteiger partial charge in [-0.1, -0.05) is 18.2 Å². The Kier molecular flexibility index (Phi) is 5.51. The van der Waals surface area contributed by atoms with Crippen molar-refractivity contribution in [3.63, 3.8) is 0 Å². The molecule has 5 nitrogen and oxygen atoms in total. The van der Waals surface area contributed by atoms with Gasteiger partial charge in [-0.3, -0.25) is 4.90 Å². The highest BCUT2D eigenvalue weighted by Gasteiger charge is 2.11. The fourth-order valence-electron chi connectivity index (χ4n) is 3.40. The molecule has 1 saturated heterocycles. The summed E-state index contributed by atoms with van der Waals surface area (Å²) in [7, 11) is 1.68. The molecule has 1 fully saturated rings. The highest BCUT2D eigenvalue weighted by Crippen LogP contribution is 2.29. The standard InChI is InChI=1S/C22H25N3O2/c1-26-18-8-6-17(7-9-18)21-16-22(19-4-2-3-5-20(19)24-21)23-10-11-25-12-14-27-15-13-25/h2-9,16H,10-15H2,1H3,(H,23,24). The van der Waals surface area contributed by atoms with Gasteiger partial charge < -0.3 is 14.8 Å². The average Bonchev–Trinajstić information content (AvgIpc) is 2.74. The van der Waals surface area contributed by atoms with E-state index in [-0.39, 0.29) is 0 Å². The first kappa shape index (κ1) is 17.8. The normalized spacial score (nSPS) is 15.0. The molecule has 3 aromatic rings. The fraction of sp³-hybridized carbons (Fsp3) is 0.318. The van der Waals surface area contributed by atoms with Crippen molar-refractivity contribution in [1.29, 1.82) is 0 Å². The highest BCUT2D eigenvalue weighted by molar-refractivity contribution is 5.93. The van der Waals surface area contributed by atoms with Crippen LogP contribution in [0, 0.1) is 0 Å². The molecule has 2 aromatic carbocycles. The summed E-state index contributed by atoms with van der Waals surface area (Å²) in [5.74, 6) is 0.850. The minimum Gasteiger partial charge on any atom is -0.497 e. The zero-order valence-corrected chi connectivity index (χ0v) is 15.6. The van der Waals surface area contributed by atoms with Gasteiger partial charge in [-0.25, -0.2) is 4.98 Å². The van der Waals surface area contributed by atoms with Crippen LogP contribution in [0.1, 0.15) is 0 Å². The zero-order valence-electron chi connectivity index (χ0n) is 15.6. The molecule has 1 aromatic heterocycles. The van der Waals surface area contributed by atoms with Crippen LogP contribution in [-0.4, -0.2) is 56.4 Å². The molecule has 27 heavy (non-hydrogen) atoms. The molecular formula is C22H25N3O2. The third-order valence-electron chi connectivity index (χ3n) is 4.95. The van der Waals surface area contributed by atoms with Gasteiger partial charge in [0.25, 0.3) is 0 Å². The second kappa shape index (κ2) is 8.37. The summed E-state index contributed by atoms with van der Waals surface area (Å²) in [5.41, 5.74) is 4.17. The lowest BCUT2D eigenvalue weighted by Crippen LogP contribution is -2.39. The number of anilines is 1. The van der Waals surface area contributed by atoms with E-state index in [1.54, 1.807) is 7.11 Å². The summed E-state index contributed by atoms with van der Waals surface area (Å²) in [4.78, 5) is 7.29. The predicted molar refractivity (Wildman–Crippen MR) is 109 cm³/mol. The summed E-state index contributed by atoms with van der Waals surface area (Å²) < 4.78 is 10.7. The molecular weight excluding hydrogens is 338 g/mol. The van der Waals surface area contributed by atoms with Crippen molar-refractivity contribution in [3.8, 4) is 17.0 Å². The van der Waals surface area contributed by atoms with Crippen molar-refractivity contribution in [2.75, 3.05) is 51.8 Å². The van der Waals surface area contributed by atoms with Crippen molar-refractivity contribution in [3.05, 3.63) is 54.6 Å². The topological polar surface area (TPSA) is 46.6 Å². The number of hydrogen-bond acceptors (Lipinski definition) is 5. The summed E-state index contributed by atoms with van der Waals surface area (Å²) >= 11 is 0. The van der Waals surface area contributed by atoms with Crippen LogP contribution in [0.2, 0.25) is 0 Å². The van der Waals surface area contributed by atoms with E-state index in [9.17, 15) is 0 Å². The van der Waals surface area contributed by atoms with Crippen LogP contribution >= 0.6 is 0 Å². The Morgan fingerprint density at radius 1 is 1.07 bits per heavy atom. The van der Waals surface area contributed by atoms with Crippen LogP contribution in [-0.2, 0) is 4.74 Å². The Balaban J connectivity index is 1.57. The number of ether oxygens (including phenoxy) is 2. The Morgan fingerprint density at radius 2 is 1.85 bits per heavy atom. The monoisotopic (exact) mass is 363 g/mol. The Labute approximate surface area is 159 Å². The van der Waals surface area contributed by atoms with Gasteiger partial charge in [0, 0.05) is 42.8 Å². The van der Waals surface area contributed by atoms with Crippen LogP contribution < -0.4 is 10.1 Å². The molecule has 2 heterocycles. The van der Waals surface area contributed by atoms with E-state index in [2.05, 4.69) is 34.5 Å². The molecule has 1 aliphatic rings. The van der Waals surface area contributed by atoms with E-state index in [1.807, 2.05) is 30.3 Å². The fourth-order valence-corrected chi connectivity index (χ4v) is 3.40. The van der Waals surface area contributed by atoms with Crippen LogP contribution in [0.25, 0.3) is 22.2 Å². The molecule has 0 spiro atoms. The smallest absolute Gasteiger partial charge is 0.118 e. The summed E-state index contributed by atoms with van der Waals surface area (Å²) in [6.45, 7) is 5.60. The van der Waals surface area contributed by atoms with Gasteiger partial charge >= 0.3 is 0 Å². The van der Waals surface area contributed by atoms with Crippen molar-refractivity contribution in [2.24, 2.45) is 0 Å². The van der Waals surface area contributed by atoms with Gasteiger partial charge in [-0.15, -0.1) is 0 Å². The first-order valence-corrected chi connectivity index (χ1v) is 9.42. The van der Waals surface area contributed by atoms with Crippen molar-refractivity contribution >= 4 is 16.6 Å². The summed E-state index contributed by atoms with van der Waals surface area (Å²) in [6.07, 6.45) is 0. The highest BCUT2D eigenvalue weighted by atomic mass is 16.5. The SMILES string of the molecule is COc1ccc(-c2cc(NCCN3CCOCC3)c3ccccc3n2)cc1. The van der Waals surface area contributed by atoms with Crippen molar-refractivity contribution in [2.45, 2.75) is 0 Å². The Morgan fingerprint density at radius 3 is 2.63 bits per heavy atom. The maximum Gasteiger partial charge on any atom is 0.118 e. The quantitative estimate of drug-likeness (QED) is 0.724. The first-order valence-electron chi connectivity index (χ1n) is 9.42. The number of methoxy groups -OCH3 is 1. The van der Waals surface area contributed by atoms with E-state index in [0.29, 0.717) is 0 Å². The minimum absolute atomic E-state index is 0.833. The molecule has 0 aliphatic carbocycles. The molecule has 5 heteroatoms. The van der Waals surface area contributed by atoms with Crippen LogP contribution in [0.4, 0.5) is 5.69 Å². The lowest BCUT2D eigenvalue weighted by Gasteiger charge is -2.26. The number of fused-ring (bicyclic) bond motifs is 1. The molecule has 4 rings (SSSR count). The molecule has 1 N–H and O–H groups in total. The van der Waals surface area contributed by atoms with Crippen LogP contribution in [0.15, 0.2) is 54.6 Å². The Hall–Kier alpha value is -2.63. The second-order valence-electron chi connectivity index (χ2n) is 6.68. The van der Waals surface area contributed by atoms with Crippen molar-refractivity contribution < 1.29 is 9.47 Å². The number of para-hydroxylation sites is 1. The minimum atomic E-state index is 0.833. The lowest BCUT2D eigenvalue weighted by molar-refractivity contribution is 0.0398. The van der Waals surface area contributed by atoms with E-state index in [0.717, 1.165) is 73.0 Å². The molecule has 0 unspecified atom stereocenters. The summed E-state index contributed by atoms with van der Waals surface area (Å²) in [6, 6.07) is 18.5. The van der Waals surface area contributed by atoms with Gasteiger partial charge in [-0.2, -0.15) is 0 Å². The largest absolute Gasteiger partial charge is 0.497 e. The van der Waals surface area contributed by atoms with Crippen molar-refractivity contribution in [1.82, 2.24) is 9.88 Å². The number of nitrogens with zero attached hydrogens (tertiary/aromatic N) is 2. The Bertz CT molecular complexity index is 890. The second-order valence-corrected chi connectivity index (χ2v) is 6.68. The predicted octanol–water partition coefficient (Wildman–Crippen LogP) is 3.65. The lowest BCUT2D eigenvalue weighted by atomic mass is 10.1. The van der Waals surface area contributed by atoms with Gasteiger partial charge in [-0.05, 0) is 36.4 Å². The van der Waals surface area contributed by atoms with E-state index in [1.165, 1.54) is 0 Å². The molecule has 0 saturated carbocycles. The zero-order chi connectivity index (χ0) is 18.5. The van der Waals surface area contributed by atoms with Crippen LogP contribution in [0.5, 0.6) is 5.75 Å². The number of rotatable bonds is 6. The average molecular weight is 363 g/mol. The van der Waals surface area contributed by atoms with E-state index >= 15 is 0 Å². The van der Waals surface area contributed by atoms with Crippen LogP contribution in [0.3, 0.4) is 0 Å². The number of pyridine rings is 1. The van der Waals surface area contributed by atoms with Gasteiger partial charge in [0.05, 0.1) is 31.5 Å². The molecule has 0 bridgehead atoms. The first-order chi connectivity index (χ1) is 13.3. The molecule has 1 aliphatic heterocycles. The third kappa shape index (κ3) is 4.21. The maximum absolute atomic E-state index is 5.42. The van der Waals surface area contributed by atoms with E-state index in [4.69, 9.17) is 14.5 Å². The number of benzene rings is 2. The molecule has 0 amide bonds. The number of morpholine rings is 1. The molecule has 0 radical (unpaired) electrons. The molecule has 0 atom stereocenters. The van der Waals surface area contributed by atoms with Gasteiger partial charge in [0.2, 0.25) is 0 Å². The van der Waals surface area contributed by atoms with E-state index < -0.39 is 0 Å². The van der Waals surface area contributed by atoms with Gasteiger partial charge in [0.15, 0.2) is 0 Å². The third-order valence-corrected chi connectivity index (χ3v) is 4.95. The number of nitrogens with one attached hydrogen (secondary N) is 1. The van der Waals surface area contributed by atoms with Gasteiger partial charge in [0.1, 0.15) is 5.75 Å². The molecule has 140 valence electrons. The number of aromatic nitrogens is 1. The number of hydrogen-bond donors (Lipinski definition) is 1. The maximum atomic E-state index is 5.42. The summed E-state index contributed by atoms with van der Waals surface area (Å²) in [5, 5.41) is 4.77.